The molecular weight excluding hydrogens is 518 g/mol. The predicted molar refractivity (Wildman–Crippen MR) is 120 cm³/mol. The summed E-state index contributed by atoms with van der Waals surface area (Å²) in [5.74, 6) is -1.46. The van der Waals surface area contributed by atoms with Gasteiger partial charge in [0.25, 0.3) is 5.91 Å². The number of alkyl halides is 6. The number of anilines is 1. The largest absolute Gasteiger partial charge is 0.416 e. The first-order valence-corrected chi connectivity index (χ1v) is 13.0. The first-order valence-electron chi connectivity index (χ1n) is 10.3. The van der Waals surface area contributed by atoms with Crippen molar-refractivity contribution in [2.75, 3.05) is 16.4 Å². The zero-order chi connectivity index (χ0) is 25.8. The van der Waals surface area contributed by atoms with Crippen molar-refractivity contribution in [3.05, 3.63) is 64.7 Å². The SMILES string of the molecule is Cc1cccc(CC(=O)N=C2SC3CS(=O)(=O)CC3N2c2cc(C(F)(F)F)cc(C(F)(F)F)c2)c1. The molecule has 35 heavy (non-hydrogen) atoms. The van der Waals surface area contributed by atoms with Crippen LogP contribution in [0.1, 0.15) is 22.3 Å². The van der Waals surface area contributed by atoms with Gasteiger partial charge in [0.1, 0.15) is 0 Å². The lowest BCUT2D eigenvalue weighted by Crippen LogP contribution is -2.38. The number of carbonyl (C=O) groups is 1. The van der Waals surface area contributed by atoms with E-state index in [0.717, 1.165) is 22.2 Å². The molecule has 0 aromatic heterocycles. The lowest BCUT2D eigenvalue weighted by Gasteiger charge is -2.26. The van der Waals surface area contributed by atoms with Crippen molar-refractivity contribution in [2.45, 2.75) is 37.0 Å². The maximum atomic E-state index is 13.4. The van der Waals surface area contributed by atoms with E-state index in [1.54, 1.807) is 18.2 Å². The highest BCUT2D eigenvalue weighted by atomic mass is 32.2. The number of aliphatic imine (C=N–C) groups is 1. The first-order chi connectivity index (χ1) is 16.1. The summed E-state index contributed by atoms with van der Waals surface area (Å²) in [6, 6.07) is 7.07. The third-order valence-electron chi connectivity index (χ3n) is 5.58. The van der Waals surface area contributed by atoms with Gasteiger partial charge in [0.05, 0.1) is 35.1 Å². The van der Waals surface area contributed by atoms with Gasteiger partial charge in [0.15, 0.2) is 15.0 Å². The van der Waals surface area contributed by atoms with Gasteiger partial charge in [-0.25, -0.2) is 8.42 Å². The molecule has 0 N–H and O–H groups in total. The molecule has 13 heteroatoms. The minimum absolute atomic E-state index is 0.00467. The molecule has 0 radical (unpaired) electrons. The van der Waals surface area contributed by atoms with Crippen LogP contribution in [0.25, 0.3) is 0 Å². The van der Waals surface area contributed by atoms with Crippen molar-refractivity contribution in [3.63, 3.8) is 0 Å². The fourth-order valence-corrected chi connectivity index (χ4v) is 8.02. The molecule has 2 unspecified atom stereocenters. The van der Waals surface area contributed by atoms with Gasteiger partial charge < -0.3 is 4.90 Å². The lowest BCUT2D eigenvalue weighted by molar-refractivity contribution is -0.143. The minimum atomic E-state index is -5.08. The third-order valence-corrected chi connectivity index (χ3v) is 8.79. The number of fused-ring (bicyclic) bond motifs is 1. The Morgan fingerprint density at radius 1 is 1.03 bits per heavy atom. The molecule has 2 aliphatic rings. The second kappa shape index (κ2) is 8.84. The molecule has 5 nitrogen and oxygen atoms in total. The summed E-state index contributed by atoms with van der Waals surface area (Å²) in [5.41, 5.74) is -2.08. The number of aryl methyl sites for hydroxylation is 1. The third kappa shape index (κ3) is 5.66. The molecule has 2 atom stereocenters. The maximum absolute atomic E-state index is 13.4. The molecule has 2 aromatic carbocycles. The number of hydrogen-bond acceptors (Lipinski definition) is 4. The topological polar surface area (TPSA) is 66.8 Å². The fraction of sp³-hybridized carbons (Fsp3) is 0.364. The van der Waals surface area contributed by atoms with Crippen molar-refractivity contribution in [2.24, 2.45) is 4.99 Å². The van der Waals surface area contributed by atoms with Crippen molar-refractivity contribution < 1.29 is 39.6 Å². The van der Waals surface area contributed by atoms with E-state index in [0.29, 0.717) is 17.7 Å². The summed E-state index contributed by atoms with van der Waals surface area (Å²) in [6.07, 6.45) is -10.3. The van der Waals surface area contributed by atoms with E-state index in [1.807, 2.05) is 13.0 Å². The van der Waals surface area contributed by atoms with Gasteiger partial charge >= 0.3 is 12.4 Å². The summed E-state index contributed by atoms with van der Waals surface area (Å²) < 4.78 is 105. The summed E-state index contributed by atoms with van der Waals surface area (Å²) >= 11 is 0.869. The van der Waals surface area contributed by atoms with Crippen LogP contribution in [0.2, 0.25) is 0 Å². The summed E-state index contributed by atoms with van der Waals surface area (Å²) in [6.45, 7) is 1.82. The van der Waals surface area contributed by atoms with Crippen LogP contribution in [0.15, 0.2) is 47.5 Å². The molecule has 0 spiro atoms. The van der Waals surface area contributed by atoms with Gasteiger partial charge in [-0.15, -0.1) is 0 Å². The van der Waals surface area contributed by atoms with Crippen molar-refractivity contribution in [1.29, 1.82) is 0 Å². The second-order valence-electron chi connectivity index (χ2n) is 8.39. The van der Waals surface area contributed by atoms with Crippen molar-refractivity contribution >= 4 is 38.4 Å². The molecule has 188 valence electrons. The molecule has 0 aliphatic carbocycles. The fourth-order valence-electron chi connectivity index (χ4n) is 4.09. The van der Waals surface area contributed by atoms with Gasteiger partial charge in [-0.05, 0) is 30.7 Å². The summed E-state index contributed by atoms with van der Waals surface area (Å²) in [7, 11) is -3.58. The molecule has 2 aromatic rings. The molecule has 2 saturated heterocycles. The summed E-state index contributed by atoms with van der Waals surface area (Å²) in [4.78, 5) is 17.7. The Labute approximate surface area is 201 Å². The first kappa shape index (κ1) is 25.5. The zero-order valence-corrected chi connectivity index (χ0v) is 19.7. The second-order valence-corrected chi connectivity index (χ2v) is 11.7. The average molecular weight is 537 g/mol. The van der Waals surface area contributed by atoms with Crippen LogP contribution in [0.3, 0.4) is 0 Å². The van der Waals surface area contributed by atoms with E-state index in [9.17, 15) is 39.6 Å². The van der Waals surface area contributed by atoms with E-state index in [-0.39, 0.29) is 23.4 Å². The molecule has 4 rings (SSSR count). The number of amidine groups is 1. The zero-order valence-electron chi connectivity index (χ0n) is 18.0. The number of thioether (sulfide) groups is 1. The number of benzene rings is 2. The molecule has 2 heterocycles. The normalized spacial score (nSPS) is 23.1. The number of amides is 1. The molecule has 0 saturated carbocycles. The Kier molecular flexibility index (Phi) is 6.45. The Bertz CT molecular complexity index is 1270. The molecule has 1 amide bonds. The highest BCUT2D eigenvalue weighted by molar-refractivity contribution is 8.16. The molecule has 0 bridgehead atoms. The Hall–Kier alpha value is -2.54. The maximum Gasteiger partial charge on any atom is 0.416 e. The van der Waals surface area contributed by atoms with Crippen LogP contribution in [0, 0.1) is 6.92 Å². The Balaban J connectivity index is 1.78. The van der Waals surface area contributed by atoms with Crippen LogP contribution in [-0.2, 0) is 33.4 Å². The smallest absolute Gasteiger partial charge is 0.316 e. The van der Waals surface area contributed by atoms with Gasteiger partial charge in [-0.3, -0.25) is 4.79 Å². The van der Waals surface area contributed by atoms with E-state index in [1.165, 1.54) is 0 Å². The van der Waals surface area contributed by atoms with Crippen LogP contribution in [0.5, 0.6) is 0 Å². The molecular formula is C22H18F6N2O3S2. The van der Waals surface area contributed by atoms with E-state index in [2.05, 4.69) is 4.99 Å². The standard InChI is InChI=1S/C22H18F6N2O3S2/c1-12-3-2-4-13(5-12)6-19(31)29-20-30(17-10-35(32,33)11-18(17)34-20)16-8-14(21(23,24)25)7-15(9-16)22(26,27)28/h2-5,7-9,17-18H,6,10-11H2,1H3. The number of nitrogens with zero attached hydrogens (tertiary/aromatic N) is 2. The van der Waals surface area contributed by atoms with E-state index < -0.39 is 62.0 Å². The number of halogens is 6. The van der Waals surface area contributed by atoms with Crippen molar-refractivity contribution in [1.82, 2.24) is 0 Å². The van der Waals surface area contributed by atoms with Gasteiger partial charge in [0, 0.05) is 10.9 Å². The molecule has 2 aliphatic heterocycles. The highest BCUT2D eigenvalue weighted by Gasteiger charge is 2.50. The monoisotopic (exact) mass is 536 g/mol. The van der Waals surface area contributed by atoms with E-state index in [4.69, 9.17) is 0 Å². The Morgan fingerprint density at radius 3 is 2.23 bits per heavy atom. The van der Waals surface area contributed by atoms with Crippen LogP contribution in [0.4, 0.5) is 32.0 Å². The molecule has 2 fully saturated rings. The van der Waals surface area contributed by atoms with Crippen molar-refractivity contribution in [3.8, 4) is 0 Å². The van der Waals surface area contributed by atoms with Gasteiger partial charge in [0.2, 0.25) is 0 Å². The number of rotatable bonds is 3. The number of hydrogen-bond donors (Lipinski definition) is 0. The predicted octanol–water partition coefficient (Wildman–Crippen LogP) is 4.88. The quantitative estimate of drug-likeness (QED) is 0.524. The van der Waals surface area contributed by atoms with Gasteiger partial charge in [-0.1, -0.05) is 41.6 Å². The van der Waals surface area contributed by atoms with Crippen LogP contribution < -0.4 is 4.90 Å². The number of carbonyl (C=O) groups excluding carboxylic acids is 1. The van der Waals surface area contributed by atoms with E-state index >= 15 is 0 Å². The number of sulfone groups is 1. The van der Waals surface area contributed by atoms with Crippen LogP contribution in [-0.4, -0.2) is 42.3 Å². The van der Waals surface area contributed by atoms with Gasteiger partial charge in [-0.2, -0.15) is 31.3 Å². The average Bonchev–Trinajstić information content (AvgIpc) is 3.16. The Morgan fingerprint density at radius 2 is 1.66 bits per heavy atom. The minimum Gasteiger partial charge on any atom is -0.316 e. The van der Waals surface area contributed by atoms with Crippen LogP contribution >= 0.6 is 11.8 Å². The summed E-state index contributed by atoms with van der Waals surface area (Å²) in [5, 5.41) is -0.811. The highest BCUT2D eigenvalue weighted by Crippen LogP contribution is 2.44. The lowest BCUT2D eigenvalue weighted by atomic mass is 10.1.